The summed E-state index contributed by atoms with van der Waals surface area (Å²) in [6.07, 6.45) is 2.75. The zero-order chi connectivity index (χ0) is 23.6. The Kier molecular flexibility index (Phi) is 6.42. The number of para-hydroxylation sites is 1. The number of aromatic nitrogens is 1. The van der Waals surface area contributed by atoms with Crippen molar-refractivity contribution in [1.29, 1.82) is 0 Å². The quantitative estimate of drug-likeness (QED) is 0.516. The Bertz CT molecular complexity index is 1150. The Morgan fingerprint density at radius 1 is 1.12 bits per heavy atom. The van der Waals surface area contributed by atoms with Crippen LogP contribution in [0.1, 0.15) is 42.4 Å². The molecular weight excluding hydrogens is 418 g/mol. The van der Waals surface area contributed by atoms with Gasteiger partial charge in [-0.3, -0.25) is 0 Å². The lowest BCUT2D eigenvalue weighted by atomic mass is 9.82. The van der Waals surface area contributed by atoms with Gasteiger partial charge in [0.25, 0.3) is 0 Å². The molecule has 1 fully saturated rings. The number of benzene rings is 2. The highest BCUT2D eigenvalue weighted by atomic mass is 16.5. The standard InChI is InChI=1S/C26H31N3O4/c1-17-8-4-6-10-21(17)26(32)12-14-29(15-13-26)25(31)28-23(24(30)33-3)18(2)20-16-27-22-11-7-5-9-19(20)22/h4-11,16,18,23,27,32H,12-15H2,1-3H3,(H,28,31)/t18-,23+/m0/s1. The Balaban J connectivity index is 1.47. The van der Waals surface area contributed by atoms with Crippen molar-refractivity contribution in [3.05, 3.63) is 71.4 Å². The van der Waals surface area contributed by atoms with E-state index in [1.165, 1.54) is 7.11 Å². The van der Waals surface area contributed by atoms with Crippen molar-refractivity contribution in [1.82, 2.24) is 15.2 Å². The van der Waals surface area contributed by atoms with Gasteiger partial charge in [-0.05, 0) is 42.5 Å². The van der Waals surface area contributed by atoms with Crippen LogP contribution in [0.3, 0.4) is 0 Å². The molecule has 1 aliphatic heterocycles. The molecule has 2 aromatic carbocycles. The molecule has 3 aromatic rings. The zero-order valence-corrected chi connectivity index (χ0v) is 19.3. The summed E-state index contributed by atoms with van der Waals surface area (Å²) < 4.78 is 5.01. The van der Waals surface area contributed by atoms with Gasteiger partial charge in [-0.1, -0.05) is 49.4 Å². The topological polar surface area (TPSA) is 94.7 Å². The number of likely N-dealkylation sites (tertiary alicyclic amines) is 1. The van der Waals surface area contributed by atoms with Crippen LogP contribution in [0.2, 0.25) is 0 Å². The predicted octanol–water partition coefficient (Wildman–Crippen LogP) is 3.81. The highest BCUT2D eigenvalue weighted by molar-refractivity contribution is 5.88. The fourth-order valence-corrected chi connectivity index (χ4v) is 4.83. The van der Waals surface area contributed by atoms with E-state index in [-0.39, 0.29) is 11.9 Å². The van der Waals surface area contributed by atoms with Crippen molar-refractivity contribution in [3.63, 3.8) is 0 Å². The lowest BCUT2D eigenvalue weighted by Gasteiger charge is -2.39. The minimum Gasteiger partial charge on any atom is -0.467 e. The van der Waals surface area contributed by atoms with E-state index in [4.69, 9.17) is 4.74 Å². The molecule has 0 unspecified atom stereocenters. The van der Waals surface area contributed by atoms with Crippen molar-refractivity contribution in [2.24, 2.45) is 0 Å². The first kappa shape index (κ1) is 22.9. The van der Waals surface area contributed by atoms with Crippen molar-refractivity contribution >= 4 is 22.9 Å². The maximum absolute atomic E-state index is 13.1. The van der Waals surface area contributed by atoms with Gasteiger partial charge in [-0.15, -0.1) is 0 Å². The normalized spacial score (nSPS) is 17.4. The fraction of sp³-hybridized carbons (Fsp3) is 0.385. The number of carbonyl (C=O) groups is 2. The van der Waals surface area contributed by atoms with E-state index in [2.05, 4.69) is 10.3 Å². The van der Waals surface area contributed by atoms with Crippen molar-refractivity contribution in [2.45, 2.75) is 44.2 Å². The number of ether oxygens (including phenoxy) is 1. The molecule has 7 nitrogen and oxygen atoms in total. The summed E-state index contributed by atoms with van der Waals surface area (Å²) in [4.78, 5) is 30.6. The third-order valence-electron chi connectivity index (χ3n) is 6.87. The Morgan fingerprint density at radius 3 is 2.48 bits per heavy atom. The summed E-state index contributed by atoms with van der Waals surface area (Å²) in [5, 5.41) is 15.1. The Hall–Kier alpha value is -3.32. The molecule has 1 aliphatic rings. The van der Waals surface area contributed by atoms with E-state index in [9.17, 15) is 14.7 Å². The molecule has 1 aromatic heterocycles. The minimum atomic E-state index is -0.957. The first-order valence-corrected chi connectivity index (χ1v) is 11.3. The van der Waals surface area contributed by atoms with E-state index in [0.717, 1.165) is 27.6 Å². The number of rotatable bonds is 5. The first-order valence-electron chi connectivity index (χ1n) is 11.3. The molecule has 7 heteroatoms. The summed E-state index contributed by atoms with van der Waals surface area (Å²) in [7, 11) is 1.33. The van der Waals surface area contributed by atoms with Gasteiger partial charge < -0.3 is 25.0 Å². The number of fused-ring (bicyclic) bond motifs is 1. The van der Waals surface area contributed by atoms with Crippen molar-refractivity contribution in [3.8, 4) is 0 Å². The number of aromatic amines is 1. The van der Waals surface area contributed by atoms with Gasteiger partial charge in [0.15, 0.2) is 0 Å². The number of aliphatic hydroxyl groups is 1. The Labute approximate surface area is 193 Å². The van der Waals surface area contributed by atoms with Crippen molar-refractivity contribution in [2.75, 3.05) is 20.2 Å². The van der Waals surface area contributed by atoms with Gasteiger partial charge in [0, 0.05) is 36.1 Å². The molecule has 4 rings (SSSR count). The molecular formula is C26H31N3O4. The predicted molar refractivity (Wildman–Crippen MR) is 127 cm³/mol. The minimum absolute atomic E-state index is 0.300. The average Bonchev–Trinajstić information content (AvgIpc) is 3.26. The number of H-pyrrole nitrogens is 1. The second kappa shape index (κ2) is 9.27. The molecule has 2 atom stereocenters. The van der Waals surface area contributed by atoms with Crippen molar-refractivity contribution < 1.29 is 19.4 Å². The van der Waals surface area contributed by atoms with Crippen LogP contribution in [-0.4, -0.2) is 53.2 Å². The molecule has 1 saturated heterocycles. The average molecular weight is 450 g/mol. The molecule has 3 N–H and O–H groups in total. The van der Waals surface area contributed by atoms with Crippen LogP contribution in [0.25, 0.3) is 10.9 Å². The number of piperidine rings is 1. The van der Waals surface area contributed by atoms with Gasteiger partial charge in [-0.25, -0.2) is 9.59 Å². The second-order valence-corrected chi connectivity index (χ2v) is 8.86. The van der Waals surface area contributed by atoms with E-state index in [0.29, 0.717) is 25.9 Å². The summed E-state index contributed by atoms with van der Waals surface area (Å²) >= 11 is 0. The van der Waals surface area contributed by atoms with Crippen LogP contribution in [0, 0.1) is 6.92 Å². The third-order valence-corrected chi connectivity index (χ3v) is 6.87. The SMILES string of the molecule is COC(=O)[C@H](NC(=O)N1CCC(O)(c2ccccc2C)CC1)[C@@H](C)c1c[nH]c2ccccc12. The summed E-state index contributed by atoms with van der Waals surface area (Å²) in [6, 6.07) is 14.5. The third kappa shape index (κ3) is 4.46. The molecule has 0 saturated carbocycles. The fourth-order valence-electron chi connectivity index (χ4n) is 4.83. The highest BCUT2D eigenvalue weighted by Crippen LogP contribution is 2.35. The first-order chi connectivity index (χ1) is 15.8. The number of nitrogens with one attached hydrogen (secondary N) is 2. The van der Waals surface area contributed by atoms with Gasteiger partial charge in [0.05, 0.1) is 12.7 Å². The lowest BCUT2D eigenvalue weighted by Crippen LogP contribution is -2.54. The summed E-state index contributed by atoms with van der Waals surface area (Å²) in [5.74, 6) is -0.791. The van der Waals surface area contributed by atoms with Crippen LogP contribution in [-0.2, 0) is 15.1 Å². The van der Waals surface area contributed by atoms with E-state index in [1.807, 2.05) is 68.6 Å². The number of urea groups is 1. The highest BCUT2D eigenvalue weighted by Gasteiger charge is 2.38. The number of carbonyl (C=O) groups excluding carboxylic acids is 2. The van der Waals surface area contributed by atoms with Crippen LogP contribution in [0.4, 0.5) is 4.79 Å². The monoisotopic (exact) mass is 449 g/mol. The molecule has 0 aliphatic carbocycles. The van der Waals surface area contributed by atoms with E-state index >= 15 is 0 Å². The Morgan fingerprint density at radius 2 is 1.79 bits per heavy atom. The van der Waals surface area contributed by atoms with Crippen LogP contribution in [0.5, 0.6) is 0 Å². The van der Waals surface area contributed by atoms with Gasteiger partial charge in [-0.2, -0.15) is 0 Å². The number of amides is 2. The second-order valence-electron chi connectivity index (χ2n) is 8.86. The molecule has 0 spiro atoms. The molecule has 174 valence electrons. The zero-order valence-electron chi connectivity index (χ0n) is 19.3. The van der Waals surface area contributed by atoms with E-state index in [1.54, 1.807) is 4.90 Å². The number of nitrogens with zero attached hydrogens (tertiary/aromatic N) is 1. The lowest BCUT2D eigenvalue weighted by molar-refractivity contribution is -0.143. The number of hydrogen-bond acceptors (Lipinski definition) is 4. The van der Waals surface area contributed by atoms with Crippen LogP contribution in [0.15, 0.2) is 54.7 Å². The maximum atomic E-state index is 13.1. The molecule has 2 heterocycles. The molecule has 33 heavy (non-hydrogen) atoms. The summed E-state index contributed by atoms with van der Waals surface area (Å²) in [6.45, 7) is 4.68. The molecule has 2 amide bonds. The van der Waals surface area contributed by atoms with Gasteiger partial charge in [0.1, 0.15) is 6.04 Å². The van der Waals surface area contributed by atoms with Crippen LogP contribution < -0.4 is 5.32 Å². The van der Waals surface area contributed by atoms with Gasteiger partial charge >= 0.3 is 12.0 Å². The smallest absolute Gasteiger partial charge is 0.329 e. The molecule has 0 bridgehead atoms. The van der Waals surface area contributed by atoms with Gasteiger partial charge in [0.2, 0.25) is 0 Å². The number of hydrogen-bond donors (Lipinski definition) is 3. The largest absolute Gasteiger partial charge is 0.467 e. The summed E-state index contributed by atoms with van der Waals surface area (Å²) in [5.41, 5.74) is 2.90. The van der Waals surface area contributed by atoms with E-state index < -0.39 is 17.6 Å². The van der Waals surface area contributed by atoms with Crippen LogP contribution >= 0.6 is 0 Å². The maximum Gasteiger partial charge on any atom is 0.329 e. The molecule has 0 radical (unpaired) electrons. The number of aryl methyl sites for hydroxylation is 1. The number of esters is 1. The number of methoxy groups -OCH3 is 1.